The zero-order chi connectivity index (χ0) is 13.7. The van der Waals surface area contributed by atoms with E-state index in [1.807, 2.05) is 6.92 Å². The molecule has 0 aliphatic rings. The van der Waals surface area contributed by atoms with Crippen LogP contribution in [0.2, 0.25) is 0 Å². The van der Waals surface area contributed by atoms with Crippen LogP contribution in [0.5, 0.6) is 0 Å². The molecule has 100 valence electrons. The predicted octanol–water partition coefficient (Wildman–Crippen LogP) is 2.97. The molecule has 1 aromatic carbocycles. The lowest BCUT2D eigenvalue weighted by molar-refractivity contribution is -0.115. The van der Waals surface area contributed by atoms with Gasteiger partial charge in [0.25, 0.3) is 0 Å². The minimum Gasteiger partial charge on any atom is -0.300 e. The number of aromatic nitrogens is 2. The first-order valence-electron chi connectivity index (χ1n) is 5.68. The van der Waals surface area contributed by atoms with E-state index in [2.05, 4.69) is 15.5 Å². The molecule has 0 fully saturated rings. The van der Waals surface area contributed by atoms with E-state index in [9.17, 15) is 9.18 Å². The fraction of sp³-hybridized carbons (Fsp3) is 0.250. The number of thioether (sulfide) groups is 1. The van der Waals surface area contributed by atoms with E-state index in [0.717, 1.165) is 10.1 Å². The van der Waals surface area contributed by atoms with Crippen LogP contribution in [0.4, 0.5) is 9.52 Å². The number of carbonyl (C=O) groups excluding carboxylic acids is 1. The zero-order valence-electron chi connectivity index (χ0n) is 10.2. The highest BCUT2D eigenvalue weighted by atomic mass is 32.2. The van der Waals surface area contributed by atoms with Gasteiger partial charge in [0.15, 0.2) is 4.34 Å². The fourth-order valence-corrected chi connectivity index (χ4v) is 3.10. The van der Waals surface area contributed by atoms with Crippen LogP contribution >= 0.6 is 23.1 Å². The second-order valence-corrected chi connectivity index (χ2v) is 6.15. The van der Waals surface area contributed by atoms with Gasteiger partial charge in [0.05, 0.1) is 6.42 Å². The number of benzene rings is 1. The number of rotatable bonds is 5. The van der Waals surface area contributed by atoms with Crippen LogP contribution in [0.15, 0.2) is 28.6 Å². The SMILES string of the molecule is CCSc1nnc(NC(=O)Cc2cccc(F)c2)s1. The Morgan fingerprint density at radius 1 is 1.47 bits per heavy atom. The van der Waals surface area contributed by atoms with Gasteiger partial charge in [-0.2, -0.15) is 0 Å². The molecule has 1 amide bonds. The molecule has 0 radical (unpaired) electrons. The van der Waals surface area contributed by atoms with Crippen LogP contribution in [0.3, 0.4) is 0 Å². The van der Waals surface area contributed by atoms with Gasteiger partial charge in [-0.25, -0.2) is 4.39 Å². The molecule has 19 heavy (non-hydrogen) atoms. The number of nitrogens with one attached hydrogen (secondary N) is 1. The van der Waals surface area contributed by atoms with Gasteiger partial charge in [-0.05, 0) is 23.4 Å². The lowest BCUT2D eigenvalue weighted by atomic mass is 10.1. The topological polar surface area (TPSA) is 54.9 Å². The summed E-state index contributed by atoms with van der Waals surface area (Å²) in [5.74, 6) is 0.337. The van der Waals surface area contributed by atoms with E-state index < -0.39 is 0 Å². The van der Waals surface area contributed by atoms with Crippen molar-refractivity contribution < 1.29 is 9.18 Å². The number of amides is 1. The quantitative estimate of drug-likeness (QED) is 0.681. The van der Waals surface area contributed by atoms with Crippen LogP contribution in [0, 0.1) is 5.82 Å². The normalized spacial score (nSPS) is 10.4. The Morgan fingerprint density at radius 3 is 3.05 bits per heavy atom. The van der Waals surface area contributed by atoms with E-state index in [1.54, 1.807) is 23.9 Å². The van der Waals surface area contributed by atoms with Crippen LogP contribution in [-0.4, -0.2) is 21.9 Å². The average Bonchev–Trinajstić information content (AvgIpc) is 2.77. The van der Waals surface area contributed by atoms with Gasteiger partial charge in [0.2, 0.25) is 11.0 Å². The van der Waals surface area contributed by atoms with E-state index in [-0.39, 0.29) is 18.1 Å². The maximum atomic E-state index is 13.0. The minimum atomic E-state index is -0.345. The molecule has 0 saturated carbocycles. The van der Waals surface area contributed by atoms with Gasteiger partial charge < -0.3 is 5.32 Å². The van der Waals surface area contributed by atoms with E-state index >= 15 is 0 Å². The van der Waals surface area contributed by atoms with E-state index in [4.69, 9.17) is 0 Å². The third-order valence-corrected chi connectivity index (χ3v) is 4.03. The zero-order valence-corrected chi connectivity index (χ0v) is 11.9. The summed E-state index contributed by atoms with van der Waals surface area (Å²) in [6.07, 6.45) is 0.119. The second-order valence-electron chi connectivity index (χ2n) is 3.66. The molecule has 0 atom stereocenters. The number of carbonyl (C=O) groups is 1. The van der Waals surface area contributed by atoms with Crippen molar-refractivity contribution in [2.45, 2.75) is 17.7 Å². The maximum Gasteiger partial charge on any atom is 0.230 e. The summed E-state index contributed by atoms with van der Waals surface area (Å²) in [5.41, 5.74) is 0.630. The van der Waals surface area contributed by atoms with E-state index in [0.29, 0.717) is 10.7 Å². The summed E-state index contributed by atoms with van der Waals surface area (Å²) in [6.45, 7) is 2.02. The first-order valence-corrected chi connectivity index (χ1v) is 7.48. The largest absolute Gasteiger partial charge is 0.300 e. The Kier molecular flexibility index (Phi) is 4.86. The molecule has 1 heterocycles. The molecule has 0 aliphatic heterocycles. The van der Waals surface area contributed by atoms with Crippen molar-refractivity contribution in [1.82, 2.24) is 10.2 Å². The number of anilines is 1. The molecule has 4 nitrogen and oxygen atoms in total. The van der Waals surface area contributed by atoms with Crippen molar-refractivity contribution >= 4 is 34.1 Å². The predicted molar refractivity (Wildman–Crippen MR) is 75.0 cm³/mol. The van der Waals surface area contributed by atoms with Gasteiger partial charge in [-0.15, -0.1) is 10.2 Å². The average molecular weight is 297 g/mol. The van der Waals surface area contributed by atoms with Crippen LogP contribution in [0.25, 0.3) is 0 Å². The standard InChI is InChI=1S/C12H12FN3OS2/c1-2-18-12-16-15-11(19-12)14-10(17)7-8-4-3-5-9(13)6-8/h3-6H,2,7H2,1H3,(H,14,15,17). The number of nitrogens with zero attached hydrogens (tertiary/aromatic N) is 2. The Morgan fingerprint density at radius 2 is 2.32 bits per heavy atom. The summed E-state index contributed by atoms with van der Waals surface area (Å²) in [6, 6.07) is 5.98. The Bertz CT molecular complexity index is 574. The van der Waals surface area contributed by atoms with Gasteiger partial charge in [0.1, 0.15) is 5.82 Å². The first-order chi connectivity index (χ1) is 9.17. The molecule has 0 spiro atoms. The van der Waals surface area contributed by atoms with Crippen molar-refractivity contribution in [2.24, 2.45) is 0 Å². The van der Waals surface area contributed by atoms with Crippen molar-refractivity contribution in [3.05, 3.63) is 35.6 Å². The van der Waals surface area contributed by atoms with Crippen LogP contribution in [-0.2, 0) is 11.2 Å². The van der Waals surface area contributed by atoms with Crippen molar-refractivity contribution in [3.63, 3.8) is 0 Å². The molecule has 0 aliphatic carbocycles. The van der Waals surface area contributed by atoms with Crippen LogP contribution < -0.4 is 5.32 Å². The highest BCUT2D eigenvalue weighted by Crippen LogP contribution is 2.25. The van der Waals surface area contributed by atoms with E-state index in [1.165, 1.54) is 23.5 Å². The Balaban J connectivity index is 1.93. The monoisotopic (exact) mass is 297 g/mol. The Labute approximate surface area is 118 Å². The third-order valence-electron chi connectivity index (χ3n) is 2.17. The summed E-state index contributed by atoms with van der Waals surface area (Å²) in [4.78, 5) is 11.8. The van der Waals surface area contributed by atoms with Crippen LogP contribution in [0.1, 0.15) is 12.5 Å². The fourth-order valence-electron chi connectivity index (χ4n) is 1.44. The first kappa shape index (κ1) is 14.0. The van der Waals surface area contributed by atoms with Gasteiger partial charge in [0, 0.05) is 0 Å². The molecule has 2 aromatic rings. The lowest BCUT2D eigenvalue weighted by Gasteiger charge is -2.01. The highest BCUT2D eigenvalue weighted by Gasteiger charge is 2.09. The number of hydrogen-bond acceptors (Lipinski definition) is 5. The van der Waals surface area contributed by atoms with Gasteiger partial charge in [-0.3, -0.25) is 4.79 Å². The molecule has 0 saturated heterocycles. The summed E-state index contributed by atoms with van der Waals surface area (Å²) < 4.78 is 13.8. The number of hydrogen-bond donors (Lipinski definition) is 1. The third kappa shape index (κ3) is 4.29. The molecule has 2 rings (SSSR count). The molecule has 1 aromatic heterocycles. The molecular formula is C12H12FN3OS2. The van der Waals surface area contributed by atoms with Crippen molar-refractivity contribution in [2.75, 3.05) is 11.1 Å². The van der Waals surface area contributed by atoms with Crippen molar-refractivity contribution in [1.29, 1.82) is 0 Å². The van der Waals surface area contributed by atoms with Gasteiger partial charge >= 0.3 is 0 Å². The second kappa shape index (κ2) is 6.63. The van der Waals surface area contributed by atoms with Gasteiger partial charge in [-0.1, -0.05) is 42.2 Å². The smallest absolute Gasteiger partial charge is 0.230 e. The summed E-state index contributed by atoms with van der Waals surface area (Å²) >= 11 is 2.91. The summed E-state index contributed by atoms with van der Waals surface area (Å²) in [7, 11) is 0. The molecule has 7 heteroatoms. The molecule has 1 N–H and O–H groups in total. The van der Waals surface area contributed by atoms with Crippen molar-refractivity contribution in [3.8, 4) is 0 Å². The summed E-state index contributed by atoms with van der Waals surface area (Å²) in [5, 5.41) is 10.9. The molecule has 0 bridgehead atoms. The maximum absolute atomic E-state index is 13.0. The Hall–Kier alpha value is -1.47. The highest BCUT2D eigenvalue weighted by molar-refractivity contribution is 8.01. The molecule has 0 unspecified atom stereocenters. The lowest BCUT2D eigenvalue weighted by Crippen LogP contribution is -2.14. The molecular weight excluding hydrogens is 285 g/mol. The minimum absolute atomic E-state index is 0.119. The number of halogens is 1.